The molecule has 0 amide bonds. The second-order valence-electron chi connectivity index (χ2n) is 9.29. The van der Waals surface area contributed by atoms with Gasteiger partial charge in [0.05, 0.1) is 0 Å². The molecular weight excluding hydrogens is 553 g/mol. The molecule has 0 unspecified atom stereocenters. The molecule has 0 saturated heterocycles. The third kappa shape index (κ3) is 4.64. The van der Waals surface area contributed by atoms with Gasteiger partial charge in [0.15, 0.2) is 0 Å². The average molecular weight is 580 g/mol. The summed E-state index contributed by atoms with van der Waals surface area (Å²) < 4.78 is 1.15. The number of benzene rings is 5. The summed E-state index contributed by atoms with van der Waals surface area (Å²) in [6.45, 7) is 0. The van der Waals surface area contributed by atoms with Crippen LogP contribution in [0.4, 0.5) is 0 Å². The van der Waals surface area contributed by atoms with Gasteiger partial charge < -0.3 is 0 Å². The van der Waals surface area contributed by atoms with Crippen molar-refractivity contribution < 1.29 is 0 Å². The summed E-state index contributed by atoms with van der Waals surface area (Å²) in [6, 6.07) is 52.8. The van der Waals surface area contributed by atoms with Crippen LogP contribution in [0.15, 0.2) is 156 Å². The standard InChI is InChI=1S/C34H27ClNPS2/c35-37(29-20-10-3-11-21-29,30-22-12-4-13-23-30,31-24-14-5-15-25-31)32-34(38-26-27-16-6-1-7-17-27)39-33(36-32)28-18-8-2-9-19-28/h1-25H,26H2. The van der Waals surface area contributed by atoms with E-state index in [1.54, 1.807) is 11.3 Å². The molecule has 0 aliphatic rings. The zero-order chi connectivity index (χ0) is 26.6. The number of nitrogens with zero attached hydrogens (tertiary/aromatic N) is 1. The first-order valence-corrected chi connectivity index (χ1v) is 17.8. The molecule has 192 valence electrons. The minimum atomic E-state index is -3.78. The molecule has 0 atom stereocenters. The van der Waals surface area contributed by atoms with E-state index in [1.807, 2.05) is 17.8 Å². The first-order valence-electron chi connectivity index (χ1n) is 12.8. The van der Waals surface area contributed by atoms with Crippen molar-refractivity contribution in [2.75, 3.05) is 0 Å². The summed E-state index contributed by atoms with van der Waals surface area (Å²) in [5.41, 5.74) is 3.35. The third-order valence-electron chi connectivity index (χ3n) is 6.93. The molecule has 0 N–H and O–H groups in total. The first kappa shape index (κ1) is 26.0. The SMILES string of the molecule is ClP(c1ccccc1)(c1ccccc1)(c1ccccc1)c1nc(-c2ccccc2)sc1SCc1ccccc1. The monoisotopic (exact) mass is 579 g/mol. The van der Waals surface area contributed by atoms with Crippen LogP contribution < -0.4 is 21.3 Å². The molecule has 1 aromatic heterocycles. The van der Waals surface area contributed by atoms with E-state index in [0.717, 1.165) is 41.9 Å². The average Bonchev–Trinajstić information content (AvgIpc) is 3.47. The van der Waals surface area contributed by atoms with Crippen LogP contribution in [0.5, 0.6) is 0 Å². The Hall–Kier alpha value is -3.20. The Morgan fingerprint density at radius 2 is 0.974 bits per heavy atom. The molecule has 0 fully saturated rings. The molecule has 6 rings (SSSR count). The minimum absolute atomic E-state index is 0.839. The molecule has 1 heterocycles. The van der Waals surface area contributed by atoms with Crippen molar-refractivity contribution in [3.05, 3.63) is 157 Å². The van der Waals surface area contributed by atoms with Crippen molar-refractivity contribution >= 4 is 61.6 Å². The van der Waals surface area contributed by atoms with Crippen LogP contribution in [0, 0.1) is 0 Å². The fourth-order valence-electron chi connectivity index (χ4n) is 5.02. The fourth-order valence-corrected chi connectivity index (χ4v) is 14.7. The number of aromatic nitrogens is 1. The van der Waals surface area contributed by atoms with E-state index in [-0.39, 0.29) is 0 Å². The molecule has 5 aromatic carbocycles. The Morgan fingerprint density at radius 3 is 1.44 bits per heavy atom. The van der Waals surface area contributed by atoms with Gasteiger partial charge in [-0.05, 0) is 0 Å². The van der Waals surface area contributed by atoms with E-state index < -0.39 is 5.96 Å². The Morgan fingerprint density at radius 1 is 0.564 bits per heavy atom. The maximum absolute atomic E-state index is 8.55. The summed E-state index contributed by atoms with van der Waals surface area (Å²) in [5.74, 6) is -2.94. The molecule has 1 nitrogen and oxygen atoms in total. The van der Waals surface area contributed by atoms with Crippen LogP contribution in [0.1, 0.15) is 5.56 Å². The van der Waals surface area contributed by atoms with Crippen LogP contribution >= 0.6 is 40.3 Å². The maximum atomic E-state index is 8.55. The number of halogens is 1. The molecule has 6 aromatic rings. The van der Waals surface area contributed by atoms with Crippen LogP contribution in [-0.4, -0.2) is 4.98 Å². The summed E-state index contributed by atoms with van der Waals surface area (Å²) >= 11 is 12.1. The summed E-state index contributed by atoms with van der Waals surface area (Å²) in [4.78, 5) is 5.49. The summed E-state index contributed by atoms with van der Waals surface area (Å²) in [6.07, 6.45) is 0. The molecule has 0 bridgehead atoms. The van der Waals surface area contributed by atoms with Crippen molar-refractivity contribution in [2.45, 2.75) is 9.96 Å². The van der Waals surface area contributed by atoms with E-state index in [2.05, 4.69) is 146 Å². The first-order chi connectivity index (χ1) is 19.2. The molecule has 0 aliphatic carbocycles. The Bertz CT molecular complexity index is 1560. The van der Waals surface area contributed by atoms with E-state index >= 15 is 0 Å². The zero-order valence-electron chi connectivity index (χ0n) is 21.2. The predicted molar refractivity (Wildman–Crippen MR) is 174 cm³/mol. The second-order valence-corrected chi connectivity index (χ2v) is 17.5. The van der Waals surface area contributed by atoms with E-state index in [1.165, 1.54) is 5.56 Å². The number of thioether (sulfide) groups is 1. The van der Waals surface area contributed by atoms with Crippen LogP contribution in [0.3, 0.4) is 0 Å². The van der Waals surface area contributed by atoms with Gasteiger partial charge in [-0.25, -0.2) is 0 Å². The molecule has 5 heteroatoms. The van der Waals surface area contributed by atoms with Crippen LogP contribution in [0.2, 0.25) is 0 Å². The second kappa shape index (κ2) is 11.1. The Kier molecular flexibility index (Phi) is 7.42. The van der Waals surface area contributed by atoms with Crippen molar-refractivity contribution in [3.8, 4) is 10.6 Å². The van der Waals surface area contributed by atoms with Gasteiger partial charge in [0.25, 0.3) is 0 Å². The van der Waals surface area contributed by atoms with Gasteiger partial charge in [-0.3, -0.25) is 0 Å². The Labute approximate surface area is 243 Å². The van der Waals surface area contributed by atoms with E-state index in [0.29, 0.717) is 0 Å². The number of hydrogen-bond acceptors (Lipinski definition) is 3. The van der Waals surface area contributed by atoms with Crippen molar-refractivity contribution in [1.29, 1.82) is 0 Å². The van der Waals surface area contributed by atoms with Gasteiger partial charge in [-0.1, -0.05) is 0 Å². The topological polar surface area (TPSA) is 12.9 Å². The predicted octanol–water partition coefficient (Wildman–Crippen LogP) is 8.41. The van der Waals surface area contributed by atoms with Crippen LogP contribution in [-0.2, 0) is 5.75 Å². The van der Waals surface area contributed by atoms with Gasteiger partial charge in [0, 0.05) is 0 Å². The molecule has 0 saturated carbocycles. The van der Waals surface area contributed by atoms with Gasteiger partial charge in [-0.15, -0.1) is 0 Å². The zero-order valence-corrected chi connectivity index (χ0v) is 24.5. The fraction of sp³-hybridized carbons (Fsp3) is 0.0294. The third-order valence-corrected chi connectivity index (χ3v) is 16.8. The van der Waals surface area contributed by atoms with Gasteiger partial charge in [0.2, 0.25) is 0 Å². The molecule has 0 spiro atoms. The van der Waals surface area contributed by atoms with Gasteiger partial charge >= 0.3 is 244 Å². The van der Waals surface area contributed by atoms with Crippen molar-refractivity contribution in [1.82, 2.24) is 4.98 Å². The molecule has 39 heavy (non-hydrogen) atoms. The quantitative estimate of drug-likeness (QED) is 0.133. The van der Waals surface area contributed by atoms with Crippen molar-refractivity contribution in [2.24, 2.45) is 0 Å². The summed E-state index contributed by atoms with van der Waals surface area (Å²) in [5, 5.41) is 4.26. The Balaban J connectivity index is 1.69. The van der Waals surface area contributed by atoms with E-state index in [4.69, 9.17) is 16.2 Å². The number of rotatable bonds is 8. The summed E-state index contributed by atoms with van der Waals surface area (Å²) in [7, 11) is 0. The van der Waals surface area contributed by atoms with Gasteiger partial charge in [0.1, 0.15) is 0 Å². The van der Waals surface area contributed by atoms with Crippen LogP contribution in [0.25, 0.3) is 10.6 Å². The van der Waals surface area contributed by atoms with Gasteiger partial charge in [-0.2, -0.15) is 0 Å². The van der Waals surface area contributed by atoms with Crippen molar-refractivity contribution in [3.63, 3.8) is 0 Å². The molecule has 0 radical (unpaired) electrons. The normalized spacial score (nSPS) is 12.5. The molecule has 0 aliphatic heterocycles. The molecular formula is C34H27ClNPS2. The number of hydrogen-bond donors (Lipinski definition) is 0. The number of thiazole rings is 1. The van der Waals surface area contributed by atoms with E-state index in [9.17, 15) is 0 Å².